The Morgan fingerprint density at radius 1 is 1.24 bits per heavy atom. The minimum absolute atomic E-state index is 0.538. The van der Waals surface area contributed by atoms with Crippen molar-refractivity contribution in [1.82, 2.24) is 25.4 Å². The summed E-state index contributed by atoms with van der Waals surface area (Å²) in [6.07, 6.45) is 5.36. The molecule has 25 heavy (non-hydrogen) atoms. The standard InChI is InChI=1S/C18H22N6O/c1-14-4-6-15(7-5-14)17-23-16(13-25-17)12-21-18(19-2)20-9-11-24-10-3-8-22-24/h3-8,10,13H,9,11-12H2,1-2H3,(H2,19,20,21). The van der Waals surface area contributed by atoms with Crippen LogP contribution in [0.25, 0.3) is 11.5 Å². The molecular weight excluding hydrogens is 316 g/mol. The number of hydrogen-bond donors (Lipinski definition) is 2. The molecule has 0 aliphatic heterocycles. The van der Waals surface area contributed by atoms with Crippen LogP contribution in [0.5, 0.6) is 0 Å². The van der Waals surface area contributed by atoms with E-state index < -0.39 is 0 Å². The highest BCUT2D eigenvalue weighted by atomic mass is 16.3. The summed E-state index contributed by atoms with van der Waals surface area (Å²) in [7, 11) is 1.74. The van der Waals surface area contributed by atoms with Gasteiger partial charge >= 0.3 is 0 Å². The van der Waals surface area contributed by atoms with Crippen LogP contribution in [0, 0.1) is 6.92 Å². The zero-order valence-electron chi connectivity index (χ0n) is 14.4. The number of aromatic nitrogens is 3. The summed E-state index contributed by atoms with van der Waals surface area (Å²) in [5.74, 6) is 1.34. The molecule has 0 radical (unpaired) electrons. The topological polar surface area (TPSA) is 80.3 Å². The molecule has 3 aromatic rings. The SMILES string of the molecule is CN=C(NCCn1cccn1)NCc1coc(-c2ccc(C)cc2)n1. The summed E-state index contributed by atoms with van der Waals surface area (Å²) in [6, 6.07) is 10.0. The number of aryl methyl sites for hydroxylation is 1. The monoisotopic (exact) mass is 338 g/mol. The van der Waals surface area contributed by atoms with E-state index in [9.17, 15) is 0 Å². The molecule has 0 aliphatic carbocycles. The van der Waals surface area contributed by atoms with Crippen molar-refractivity contribution in [3.8, 4) is 11.5 Å². The Bertz CT molecular complexity index is 804. The number of benzene rings is 1. The van der Waals surface area contributed by atoms with Gasteiger partial charge in [-0.3, -0.25) is 9.67 Å². The van der Waals surface area contributed by atoms with Gasteiger partial charge in [-0.1, -0.05) is 17.7 Å². The van der Waals surface area contributed by atoms with Gasteiger partial charge in [-0.05, 0) is 25.1 Å². The van der Waals surface area contributed by atoms with Gasteiger partial charge in [-0.2, -0.15) is 5.10 Å². The quantitative estimate of drug-likeness (QED) is 0.532. The van der Waals surface area contributed by atoms with Crippen molar-refractivity contribution in [1.29, 1.82) is 0 Å². The van der Waals surface area contributed by atoms with Crippen molar-refractivity contribution < 1.29 is 4.42 Å². The van der Waals surface area contributed by atoms with Crippen LogP contribution in [0.2, 0.25) is 0 Å². The number of rotatable bonds is 6. The van der Waals surface area contributed by atoms with Gasteiger partial charge in [0.25, 0.3) is 0 Å². The minimum Gasteiger partial charge on any atom is -0.444 e. The Labute approximate surface area is 146 Å². The van der Waals surface area contributed by atoms with Crippen LogP contribution < -0.4 is 10.6 Å². The molecule has 1 aromatic carbocycles. The van der Waals surface area contributed by atoms with Crippen LogP contribution in [-0.4, -0.2) is 34.3 Å². The van der Waals surface area contributed by atoms with Crippen molar-refractivity contribution in [2.75, 3.05) is 13.6 Å². The van der Waals surface area contributed by atoms with Crippen LogP contribution in [0.1, 0.15) is 11.3 Å². The molecule has 7 nitrogen and oxygen atoms in total. The van der Waals surface area contributed by atoms with E-state index in [-0.39, 0.29) is 0 Å². The van der Waals surface area contributed by atoms with Crippen LogP contribution in [0.4, 0.5) is 0 Å². The van der Waals surface area contributed by atoms with E-state index in [4.69, 9.17) is 4.42 Å². The lowest BCUT2D eigenvalue weighted by Gasteiger charge is -2.10. The third kappa shape index (κ3) is 4.69. The first kappa shape index (κ1) is 16.8. The molecule has 0 atom stereocenters. The second-order valence-electron chi connectivity index (χ2n) is 5.63. The third-order valence-electron chi connectivity index (χ3n) is 3.70. The molecule has 0 bridgehead atoms. The number of hydrogen-bond acceptors (Lipinski definition) is 4. The molecule has 2 aromatic heterocycles. The van der Waals surface area contributed by atoms with E-state index >= 15 is 0 Å². The number of guanidine groups is 1. The van der Waals surface area contributed by atoms with Gasteiger partial charge in [0.2, 0.25) is 5.89 Å². The maximum Gasteiger partial charge on any atom is 0.226 e. The van der Waals surface area contributed by atoms with Gasteiger partial charge in [-0.25, -0.2) is 4.98 Å². The smallest absolute Gasteiger partial charge is 0.226 e. The molecule has 7 heteroatoms. The van der Waals surface area contributed by atoms with E-state index in [1.54, 1.807) is 19.5 Å². The van der Waals surface area contributed by atoms with Crippen molar-refractivity contribution >= 4 is 5.96 Å². The summed E-state index contributed by atoms with van der Waals surface area (Å²) < 4.78 is 7.43. The van der Waals surface area contributed by atoms with E-state index in [1.165, 1.54) is 5.56 Å². The molecular formula is C18H22N6O. The molecule has 0 aliphatic rings. The lowest BCUT2D eigenvalue weighted by Crippen LogP contribution is -2.38. The molecule has 3 rings (SSSR count). The van der Waals surface area contributed by atoms with E-state index in [2.05, 4.69) is 32.6 Å². The first-order chi connectivity index (χ1) is 12.2. The third-order valence-corrected chi connectivity index (χ3v) is 3.70. The van der Waals surface area contributed by atoms with Gasteiger partial charge in [0, 0.05) is 31.5 Å². The Morgan fingerprint density at radius 3 is 2.80 bits per heavy atom. The average Bonchev–Trinajstić information content (AvgIpc) is 3.30. The first-order valence-corrected chi connectivity index (χ1v) is 8.18. The zero-order chi connectivity index (χ0) is 17.5. The Kier molecular flexibility index (Phi) is 5.46. The average molecular weight is 338 g/mol. The van der Waals surface area contributed by atoms with Crippen LogP contribution >= 0.6 is 0 Å². The number of oxazole rings is 1. The van der Waals surface area contributed by atoms with Gasteiger partial charge in [-0.15, -0.1) is 0 Å². The largest absolute Gasteiger partial charge is 0.444 e. The van der Waals surface area contributed by atoms with Crippen molar-refractivity contribution in [2.24, 2.45) is 4.99 Å². The second kappa shape index (κ2) is 8.14. The molecule has 0 saturated heterocycles. The van der Waals surface area contributed by atoms with Crippen molar-refractivity contribution in [2.45, 2.75) is 20.0 Å². The van der Waals surface area contributed by atoms with E-state index in [0.717, 1.165) is 24.3 Å². The molecule has 0 spiro atoms. The van der Waals surface area contributed by atoms with Crippen LogP contribution in [0.15, 0.2) is 58.4 Å². The summed E-state index contributed by atoms with van der Waals surface area (Å²) in [4.78, 5) is 8.71. The van der Waals surface area contributed by atoms with Crippen molar-refractivity contribution in [3.63, 3.8) is 0 Å². The molecule has 0 fully saturated rings. The maximum absolute atomic E-state index is 5.56. The van der Waals surface area contributed by atoms with Crippen LogP contribution in [0.3, 0.4) is 0 Å². The number of nitrogens with zero attached hydrogens (tertiary/aromatic N) is 4. The van der Waals surface area contributed by atoms with Crippen molar-refractivity contribution in [3.05, 3.63) is 60.2 Å². The predicted molar refractivity (Wildman–Crippen MR) is 97.1 cm³/mol. The van der Waals surface area contributed by atoms with Gasteiger partial charge in [0.15, 0.2) is 5.96 Å². The normalized spacial score (nSPS) is 11.5. The fourth-order valence-electron chi connectivity index (χ4n) is 2.33. The number of nitrogens with one attached hydrogen (secondary N) is 2. The van der Waals surface area contributed by atoms with E-state index in [0.29, 0.717) is 18.4 Å². The summed E-state index contributed by atoms with van der Waals surface area (Å²) in [5, 5.41) is 10.6. The Hall–Kier alpha value is -3.09. The number of aliphatic imine (C=N–C) groups is 1. The lowest BCUT2D eigenvalue weighted by molar-refractivity contribution is 0.571. The second-order valence-corrected chi connectivity index (χ2v) is 5.63. The van der Waals surface area contributed by atoms with E-state index in [1.807, 2.05) is 41.2 Å². The first-order valence-electron chi connectivity index (χ1n) is 8.18. The van der Waals surface area contributed by atoms with Gasteiger partial charge < -0.3 is 15.1 Å². The minimum atomic E-state index is 0.538. The summed E-state index contributed by atoms with van der Waals surface area (Å²) >= 11 is 0. The molecule has 2 N–H and O–H groups in total. The Balaban J connectivity index is 1.49. The molecule has 0 amide bonds. The fraction of sp³-hybridized carbons (Fsp3) is 0.278. The van der Waals surface area contributed by atoms with Crippen LogP contribution in [-0.2, 0) is 13.1 Å². The fourth-order valence-corrected chi connectivity index (χ4v) is 2.33. The lowest BCUT2D eigenvalue weighted by atomic mass is 10.1. The van der Waals surface area contributed by atoms with Gasteiger partial charge in [0.1, 0.15) is 6.26 Å². The summed E-state index contributed by atoms with van der Waals surface area (Å²) in [6.45, 7) is 4.10. The molecule has 0 unspecified atom stereocenters. The molecule has 130 valence electrons. The highest BCUT2D eigenvalue weighted by Crippen LogP contribution is 2.18. The predicted octanol–water partition coefficient (Wildman–Crippen LogP) is 2.21. The highest BCUT2D eigenvalue weighted by Gasteiger charge is 2.07. The summed E-state index contributed by atoms with van der Waals surface area (Å²) in [5.41, 5.74) is 3.01. The van der Waals surface area contributed by atoms with Gasteiger partial charge in [0.05, 0.1) is 18.8 Å². The zero-order valence-corrected chi connectivity index (χ0v) is 14.4. The molecule has 2 heterocycles. The Morgan fingerprint density at radius 2 is 2.08 bits per heavy atom. The maximum atomic E-state index is 5.56. The molecule has 0 saturated carbocycles. The highest BCUT2D eigenvalue weighted by molar-refractivity contribution is 5.79.